The van der Waals surface area contributed by atoms with Gasteiger partial charge in [-0.05, 0) is 42.5 Å². The van der Waals surface area contributed by atoms with Gasteiger partial charge in [-0.2, -0.15) is 0 Å². The van der Waals surface area contributed by atoms with Crippen molar-refractivity contribution in [3.05, 3.63) is 35.1 Å². The van der Waals surface area contributed by atoms with Crippen LogP contribution >= 0.6 is 0 Å². The van der Waals surface area contributed by atoms with Crippen molar-refractivity contribution < 1.29 is 9.60 Å². The molecule has 0 aliphatic heterocycles. The second kappa shape index (κ2) is 7.41. The summed E-state index contributed by atoms with van der Waals surface area (Å²) in [6.45, 7) is 3.86. The number of hydrogen-bond acceptors (Lipinski definition) is 3. The van der Waals surface area contributed by atoms with Gasteiger partial charge in [0.1, 0.15) is 5.82 Å². The molecule has 4 nitrogen and oxygen atoms in total. The minimum atomic E-state index is -0.388. The molecule has 2 rings (SSSR count). The SMILES string of the molecule is CC1CCCCC1CNCc1ccc(F)cc1C(N)=NO. The third-order valence-corrected chi connectivity index (χ3v) is 4.47. The number of hydrogen-bond donors (Lipinski definition) is 3. The molecular weight excluding hydrogens is 269 g/mol. The van der Waals surface area contributed by atoms with Crippen LogP contribution in [0.4, 0.5) is 4.39 Å². The Balaban J connectivity index is 1.96. The summed E-state index contributed by atoms with van der Waals surface area (Å²) in [6, 6.07) is 4.38. The number of oxime groups is 1. The van der Waals surface area contributed by atoms with Crippen LogP contribution in [-0.4, -0.2) is 17.6 Å². The standard InChI is InChI=1S/C16H24FN3O/c1-11-4-2-3-5-12(11)9-19-10-13-6-7-14(17)8-15(13)16(18)20-21/h6-8,11-12,19,21H,2-5,9-10H2,1H3,(H2,18,20). The van der Waals surface area contributed by atoms with E-state index in [1.807, 2.05) is 0 Å². The molecule has 0 spiro atoms. The van der Waals surface area contributed by atoms with Crippen molar-refractivity contribution in [3.63, 3.8) is 0 Å². The monoisotopic (exact) mass is 293 g/mol. The summed E-state index contributed by atoms with van der Waals surface area (Å²) in [7, 11) is 0. The van der Waals surface area contributed by atoms with Crippen LogP contribution in [-0.2, 0) is 6.54 Å². The van der Waals surface area contributed by atoms with E-state index in [4.69, 9.17) is 10.9 Å². The van der Waals surface area contributed by atoms with E-state index in [0.29, 0.717) is 18.0 Å². The van der Waals surface area contributed by atoms with Gasteiger partial charge in [-0.15, -0.1) is 0 Å². The predicted octanol–water partition coefficient (Wildman–Crippen LogP) is 2.84. The van der Waals surface area contributed by atoms with Gasteiger partial charge < -0.3 is 16.3 Å². The molecule has 2 atom stereocenters. The minimum Gasteiger partial charge on any atom is -0.409 e. The van der Waals surface area contributed by atoms with Crippen molar-refractivity contribution in [2.45, 2.75) is 39.2 Å². The summed E-state index contributed by atoms with van der Waals surface area (Å²) in [4.78, 5) is 0. The molecule has 0 aromatic heterocycles. The van der Waals surface area contributed by atoms with E-state index in [0.717, 1.165) is 18.0 Å². The van der Waals surface area contributed by atoms with Gasteiger partial charge in [-0.3, -0.25) is 0 Å². The first-order chi connectivity index (χ1) is 10.1. The number of benzene rings is 1. The summed E-state index contributed by atoms with van der Waals surface area (Å²) in [5.74, 6) is 1.01. The van der Waals surface area contributed by atoms with Gasteiger partial charge >= 0.3 is 0 Å². The van der Waals surface area contributed by atoms with Crippen molar-refractivity contribution in [1.29, 1.82) is 0 Å². The molecule has 116 valence electrons. The smallest absolute Gasteiger partial charge is 0.170 e. The first-order valence-corrected chi connectivity index (χ1v) is 7.59. The highest BCUT2D eigenvalue weighted by atomic mass is 19.1. The summed E-state index contributed by atoms with van der Waals surface area (Å²) in [5.41, 5.74) is 6.89. The zero-order chi connectivity index (χ0) is 15.2. The van der Waals surface area contributed by atoms with Gasteiger partial charge in [-0.25, -0.2) is 4.39 Å². The van der Waals surface area contributed by atoms with Gasteiger partial charge in [-0.1, -0.05) is 37.4 Å². The average molecular weight is 293 g/mol. The summed E-state index contributed by atoms with van der Waals surface area (Å²) < 4.78 is 13.3. The normalized spacial score (nSPS) is 23.2. The molecule has 1 fully saturated rings. The number of amidine groups is 1. The van der Waals surface area contributed by atoms with E-state index in [2.05, 4.69) is 17.4 Å². The van der Waals surface area contributed by atoms with Crippen LogP contribution in [0.1, 0.15) is 43.7 Å². The lowest BCUT2D eigenvalue weighted by atomic mass is 9.80. The summed E-state index contributed by atoms with van der Waals surface area (Å²) >= 11 is 0. The highest BCUT2D eigenvalue weighted by Crippen LogP contribution is 2.28. The zero-order valence-electron chi connectivity index (χ0n) is 12.5. The third kappa shape index (κ3) is 4.17. The van der Waals surface area contributed by atoms with E-state index in [-0.39, 0.29) is 11.7 Å². The van der Waals surface area contributed by atoms with Gasteiger partial charge in [0, 0.05) is 12.1 Å². The van der Waals surface area contributed by atoms with Gasteiger partial charge in [0.05, 0.1) is 0 Å². The average Bonchev–Trinajstić information content (AvgIpc) is 2.49. The maximum atomic E-state index is 13.3. The van der Waals surface area contributed by atoms with E-state index < -0.39 is 0 Å². The van der Waals surface area contributed by atoms with E-state index in [1.165, 1.54) is 37.8 Å². The van der Waals surface area contributed by atoms with Crippen LogP contribution in [0, 0.1) is 17.7 Å². The molecule has 0 amide bonds. The molecule has 1 aliphatic rings. The molecule has 1 saturated carbocycles. The minimum absolute atomic E-state index is 0.0580. The molecule has 0 bridgehead atoms. The highest BCUT2D eigenvalue weighted by molar-refractivity contribution is 5.98. The van der Waals surface area contributed by atoms with E-state index >= 15 is 0 Å². The first-order valence-electron chi connectivity index (χ1n) is 7.59. The van der Waals surface area contributed by atoms with Crippen molar-refractivity contribution in [3.8, 4) is 0 Å². The lowest BCUT2D eigenvalue weighted by Gasteiger charge is -2.29. The topological polar surface area (TPSA) is 70.6 Å². The van der Waals surface area contributed by atoms with Gasteiger partial charge in [0.2, 0.25) is 0 Å². The fourth-order valence-electron chi connectivity index (χ4n) is 3.08. The number of nitrogens with two attached hydrogens (primary N) is 1. The summed E-state index contributed by atoms with van der Waals surface area (Å²) in [5, 5.41) is 15.2. The lowest BCUT2D eigenvalue weighted by Crippen LogP contribution is -2.29. The molecule has 0 heterocycles. The Hall–Kier alpha value is -1.62. The lowest BCUT2D eigenvalue weighted by molar-refractivity contribution is 0.247. The largest absolute Gasteiger partial charge is 0.409 e. The molecule has 1 aliphatic carbocycles. The predicted molar refractivity (Wildman–Crippen MR) is 81.7 cm³/mol. The Labute approximate surface area is 125 Å². The Kier molecular flexibility index (Phi) is 5.56. The van der Waals surface area contributed by atoms with Crippen LogP contribution < -0.4 is 11.1 Å². The molecule has 2 unspecified atom stereocenters. The maximum Gasteiger partial charge on any atom is 0.170 e. The molecular formula is C16H24FN3O. The molecule has 4 N–H and O–H groups in total. The molecule has 1 aromatic carbocycles. The molecule has 5 heteroatoms. The highest BCUT2D eigenvalue weighted by Gasteiger charge is 2.20. The fraction of sp³-hybridized carbons (Fsp3) is 0.562. The first kappa shape index (κ1) is 15.8. The Bertz CT molecular complexity index is 504. The van der Waals surface area contributed by atoms with E-state index in [9.17, 15) is 4.39 Å². The third-order valence-electron chi connectivity index (χ3n) is 4.47. The fourth-order valence-corrected chi connectivity index (χ4v) is 3.08. The molecule has 0 radical (unpaired) electrons. The van der Waals surface area contributed by atoms with Crippen LogP contribution in [0.25, 0.3) is 0 Å². The van der Waals surface area contributed by atoms with Crippen molar-refractivity contribution in [2.75, 3.05) is 6.54 Å². The Morgan fingerprint density at radius 2 is 2.19 bits per heavy atom. The van der Waals surface area contributed by atoms with Crippen LogP contribution in [0.2, 0.25) is 0 Å². The molecule has 0 saturated heterocycles. The Morgan fingerprint density at radius 1 is 1.43 bits per heavy atom. The van der Waals surface area contributed by atoms with E-state index in [1.54, 1.807) is 6.07 Å². The van der Waals surface area contributed by atoms with Crippen molar-refractivity contribution >= 4 is 5.84 Å². The van der Waals surface area contributed by atoms with Crippen LogP contribution in [0.5, 0.6) is 0 Å². The number of nitrogens with zero attached hydrogens (tertiary/aromatic N) is 1. The maximum absolute atomic E-state index is 13.3. The molecule has 1 aromatic rings. The quantitative estimate of drug-likeness (QED) is 0.338. The van der Waals surface area contributed by atoms with Gasteiger partial charge in [0.25, 0.3) is 0 Å². The number of rotatable bonds is 5. The zero-order valence-corrected chi connectivity index (χ0v) is 12.5. The number of nitrogens with one attached hydrogen (secondary N) is 1. The van der Waals surface area contributed by atoms with Crippen LogP contribution in [0.15, 0.2) is 23.4 Å². The second-order valence-corrected chi connectivity index (χ2v) is 5.94. The summed E-state index contributed by atoms with van der Waals surface area (Å²) in [6.07, 6.45) is 5.22. The number of halogens is 1. The van der Waals surface area contributed by atoms with Crippen molar-refractivity contribution in [2.24, 2.45) is 22.7 Å². The van der Waals surface area contributed by atoms with Crippen LogP contribution in [0.3, 0.4) is 0 Å². The second-order valence-electron chi connectivity index (χ2n) is 5.94. The molecule has 21 heavy (non-hydrogen) atoms. The Morgan fingerprint density at radius 3 is 2.90 bits per heavy atom. The van der Waals surface area contributed by atoms with Crippen molar-refractivity contribution in [1.82, 2.24) is 5.32 Å². The van der Waals surface area contributed by atoms with Gasteiger partial charge in [0.15, 0.2) is 5.84 Å².